The summed E-state index contributed by atoms with van der Waals surface area (Å²) in [6.45, 7) is 1.04. The van der Waals surface area contributed by atoms with Crippen LogP contribution >= 0.6 is 0 Å². The molecule has 1 unspecified atom stereocenters. The number of nitrogens with one attached hydrogen (secondary N) is 1. The van der Waals surface area contributed by atoms with Crippen LogP contribution in [0.15, 0.2) is 48.7 Å². The number of ether oxygens (including phenoxy) is 1. The minimum atomic E-state index is -0.853. The van der Waals surface area contributed by atoms with Crippen LogP contribution < -0.4 is 10.1 Å². The summed E-state index contributed by atoms with van der Waals surface area (Å²) in [6, 6.07) is 12.7. The summed E-state index contributed by atoms with van der Waals surface area (Å²) in [7, 11) is 0. The number of rotatable bonds is 5. The standard InChI is InChI=1S/C18H19N3O4/c22-17(23)14-8-9-21(12-14)18(24)20-11-13-6-7-16(19-10-13)25-15-4-2-1-3-5-15/h1-7,10,14H,8-9,11-12H2,(H,20,24)(H,22,23). The van der Waals surface area contributed by atoms with Crippen molar-refractivity contribution in [2.45, 2.75) is 13.0 Å². The number of amides is 2. The van der Waals surface area contributed by atoms with E-state index in [1.807, 2.05) is 36.4 Å². The SMILES string of the molecule is O=C(O)C1CCN(C(=O)NCc2ccc(Oc3ccccc3)nc2)C1. The lowest BCUT2D eigenvalue weighted by Gasteiger charge is -2.16. The lowest BCUT2D eigenvalue weighted by atomic mass is 10.1. The third-order valence-electron chi connectivity index (χ3n) is 4.03. The maximum Gasteiger partial charge on any atom is 0.317 e. The van der Waals surface area contributed by atoms with Gasteiger partial charge in [-0.15, -0.1) is 0 Å². The summed E-state index contributed by atoms with van der Waals surface area (Å²) in [4.78, 5) is 28.8. The third-order valence-corrected chi connectivity index (χ3v) is 4.03. The zero-order valence-electron chi connectivity index (χ0n) is 13.6. The van der Waals surface area contributed by atoms with Crippen molar-refractivity contribution in [2.24, 2.45) is 5.92 Å². The Hall–Kier alpha value is -3.09. The van der Waals surface area contributed by atoms with Crippen LogP contribution in [0.5, 0.6) is 11.6 Å². The average molecular weight is 341 g/mol. The Morgan fingerprint density at radius 2 is 2.04 bits per heavy atom. The smallest absolute Gasteiger partial charge is 0.317 e. The van der Waals surface area contributed by atoms with Crippen molar-refractivity contribution in [1.29, 1.82) is 0 Å². The van der Waals surface area contributed by atoms with Gasteiger partial charge in [0.2, 0.25) is 5.88 Å². The van der Waals surface area contributed by atoms with Crippen molar-refractivity contribution in [3.8, 4) is 11.6 Å². The predicted octanol–water partition coefficient (Wildman–Crippen LogP) is 2.49. The van der Waals surface area contributed by atoms with Gasteiger partial charge < -0.3 is 20.1 Å². The van der Waals surface area contributed by atoms with E-state index in [2.05, 4.69) is 10.3 Å². The summed E-state index contributed by atoms with van der Waals surface area (Å²) in [5, 5.41) is 11.8. The van der Waals surface area contributed by atoms with Gasteiger partial charge in [-0.2, -0.15) is 0 Å². The largest absolute Gasteiger partial charge is 0.481 e. The number of carboxylic acid groups (broad SMARTS) is 1. The van der Waals surface area contributed by atoms with E-state index in [4.69, 9.17) is 9.84 Å². The number of hydrogen-bond acceptors (Lipinski definition) is 4. The fourth-order valence-electron chi connectivity index (χ4n) is 2.62. The Bertz CT molecular complexity index is 734. The number of carbonyl (C=O) groups is 2. The van der Waals surface area contributed by atoms with Gasteiger partial charge in [0.15, 0.2) is 0 Å². The average Bonchev–Trinajstić information content (AvgIpc) is 3.12. The molecule has 2 heterocycles. The Kier molecular flexibility index (Phi) is 5.13. The molecule has 1 aliphatic heterocycles. The van der Waals surface area contributed by atoms with E-state index in [-0.39, 0.29) is 12.6 Å². The highest BCUT2D eigenvalue weighted by Gasteiger charge is 2.30. The second kappa shape index (κ2) is 7.65. The Balaban J connectivity index is 1.49. The van der Waals surface area contributed by atoms with Crippen molar-refractivity contribution in [2.75, 3.05) is 13.1 Å². The summed E-state index contributed by atoms with van der Waals surface area (Å²) in [5.41, 5.74) is 0.836. The predicted molar refractivity (Wildman–Crippen MR) is 90.3 cm³/mol. The molecule has 1 atom stereocenters. The van der Waals surface area contributed by atoms with Crippen LogP contribution in [0.4, 0.5) is 4.79 Å². The molecular weight excluding hydrogens is 322 g/mol. The van der Waals surface area contributed by atoms with E-state index in [0.717, 1.165) is 5.56 Å². The molecule has 0 spiro atoms. The van der Waals surface area contributed by atoms with Gasteiger partial charge in [0.1, 0.15) is 5.75 Å². The van der Waals surface area contributed by atoms with Gasteiger partial charge in [-0.05, 0) is 24.1 Å². The molecule has 130 valence electrons. The number of urea groups is 1. The maximum absolute atomic E-state index is 12.1. The van der Waals surface area contributed by atoms with E-state index in [1.54, 1.807) is 12.3 Å². The third kappa shape index (κ3) is 4.47. The first-order chi connectivity index (χ1) is 12.1. The number of likely N-dealkylation sites (tertiary alicyclic amines) is 1. The number of benzene rings is 1. The van der Waals surface area contributed by atoms with Gasteiger partial charge >= 0.3 is 12.0 Å². The normalized spacial score (nSPS) is 16.5. The fraction of sp³-hybridized carbons (Fsp3) is 0.278. The van der Waals surface area contributed by atoms with Gasteiger partial charge in [-0.25, -0.2) is 9.78 Å². The van der Waals surface area contributed by atoms with E-state index >= 15 is 0 Å². The van der Waals surface area contributed by atoms with Crippen LogP contribution in [-0.2, 0) is 11.3 Å². The molecule has 25 heavy (non-hydrogen) atoms. The fourth-order valence-corrected chi connectivity index (χ4v) is 2.62. The zero-order valence-corrected chi connectivity index (χ0v) is 13.6. The van der Waals surface area contributed by atoms with Crippen molar-refractivity contribution in [3.05, 3.63) is 54.2 Å². The minimum absolute atomic E-state index is 0.253. The van der Waals surface area contributed by atoms with Crippen LogP contribution in [0.3, 0.4) is 0 Å². The molecule has 0 aliphatic carbocycles. The molecule has 2 N–H and O–H groups in total. The maximum atomic E-state index is 12.1. The molecule has 2 amide bonds. The zero-order chi connectivity index (χ0) is 17.6. The van der Waals surface area contributed by atoms with Gasteiger partial charge in [0, 0.05) is 31.9 Å². The van der Waals surface area contributed by atoms with Crippen molar-refractivity contribution >= 4 is 12.0 Å². The van der Waals surface area contributed by atoms with Crippen LogP contribution in [0.2, 0.25) is 0 Å². The number of para-hydroxylation sites is 1. The number of pyridine rings is 1. The summed E-state index contributed by atoms with van der Waals surface area (Å²) in [6.07, 6.45) is 2.14. The second-order valence-electron chi connectivity index (χ2n) is 5.85. The first-order valence-corrected chi connectivity index (χ1v) is 8.05. The van der Waals surface area contributed by atoms with Crippen LogP contribution in [0.25, 0.3) is 0 Å². The van der Waals surface area contributed by atoms with E-state index in [1.165, 1.54) is 4.90 Å². The van der Waals surface area contributed by atoms with Gasteiger partial charge in [-0.1, -0.05) is 24.3 Å². The molecule has 1 aromatic carbocycles. The molecule has 2 aromatic rings. The summed E-state index contributed by atoms with van der Waals surface area (Å²) >= 11 is 0. The number of carbonyl (C=O) groups excluding carboxylic acids is 1. The first-order valence-electron chi connectivity index (χ1n) is 8.05. The first kappa shape index (κ1) is 16.8. The molecule has 0 bridgehead atoms. The van der Waals surface area contributed by atoms with E-state index in [9.17, 15) is 9.59 Å². The molecule has 0 saturated carbocycles. The highest BCUT2D eigenvalue weighted by Crippen LogP contribution is 2.19. The Morgan fingerprint density at radius 1 is 1.24 bits per heavy atom. The van der Waals surface area contributed by atoms with Crippen molar-refractivity contribution in [1.82, 2.24) is 15.2 Å². The number of hydrogen-bond donors (Lipinski definition) is 2. The topological polar surface area (TPSA) is 91.8 Å². The highest BCUT2D eigenvalue weighted by molar-refractivity contribution is 5.77. The minimum Gasteiger partial charge on any atom is -0.481 e. The van der Waals surface area contributed by atoms with E-state index in [0.29, 0.717) is 31.1 Å². The highest BCUT2D eigenvalue weighted by atomic mass is 16.5. The quantitative estimate of drug-likeness (QED) is 0.872. The van der Waals surface area contributed by atoms with Crippen molar-refractivity contribution in [3.63, 3.8) is 0 Å². The molecule has 1 fully saturated rings. The number of carboxylic acids is 1. The molecular formula is C18H19N3O4. The Labute approximate surface area is 145 Å². The molecule has 3 rings (SSSR count). The lowest BCUT2D eigenvalue weighted by molar-refractivity contribution is -0.141. The van der Waals surface area contributed by atoms with E-state index < -0.39 is 11.9 Å². The summed E-state index contributed by atoms with van der Waals surface area (Å²) < 4.78 is 5.61. The Morgan fingerprint density at radius 3 is 2.68 bits per heavy atom. The monoisotopic (exact) mass is 341 g/mol. The van der Waals surface area contributed by atoms with Gasteiger partial charge in [0.25, 0.3) is 0 Å². The number of aromatic nitrogens is 1. The van der Waals surface area contributed by atoms with Crippen LogP contribution in [0.1, 0.15) is 12.0 Å². The molecule has 7 nitrogen and oxygen atoms in total. The molecule has 1 aromatic heterocycles. The number of aliphatic carboxylic acids is 1. The molecule has 0 radical (unpaired) electrons. The van der Waals surface area contributed by atoms with Crippen molar-refractivity contribution < 1.29 is 19.4 Å². The summed E-state index contributed by atoms with van der Waals surface area (Å²) in [5.74, 6) is -0.140. The second-order valence-corrected chi connectivity index (χ2v) is 5.85. The van der Waals surface area contributed by atoms with Gasteiger partial charge in [-0.3, -0.25) is 4.79 Å². The number of nitrogens with zero attached hydrogens (tertiary/aromatic N) is 2. The van der Waals surface area contributed by atoms with Gasteiger partial charge in [0.05, 0.1) is 5.92 Å². The molecule has 1 aliphatic rings. The molecule has 7 heteroatoms. The van der Waals surface area contributed by atoms with Crippen LogP contribution in [-0.4, -0.2) is 40.1 Å². The van der Waals surface area contributed by atoms with Crippen LogP contribution in [0, 0.1) is 5.92 Å². The lowest BCUT2D eigenvalue weighted by Crippen LogP contribution is -2.38. The molecule has 1 saturated heterocycles.